The van der Waals surface area contributed by atoms with Gasteiger partial charge in [0.25, 0.3) is 0 Å². The Morgan fingerprint density at radius 1 is 1.29 bits per heavy atom. The van der Waals surface area contributed by atoms with Crippen molar-refractivity contribution in [3.8, 4) is 17.2 Å². The van der Waals surface area contributed by atoms with Crippen LogP contribution in [0.25, 0.3) is 11.1 Å². The van der Waals surface area contributed by atoms with Crippen molar-refractivity contribution >= 4 is 18.4 Å². The van der Waals surface area contributed by atoms with Gasteiger partial charge in [0.05, 0.1) is 5.03 Å². The second-order valence-corrected chi connectivity index (χ2v) is 4.40. The molecule has 17 heavy (non-hydrogen) atoms. The molecule has 3 nitrogen and oxygen atoms in total. The Morgan fingerprint density at radius 3 is 2.76 bits per heavy atom. The molecule has 0 radical (unpaired) electrons. The molecule has 0 aliphatic carbocycles. The molecule has 1 aliphatic heterocycles. The molecule has 2 heterocycles. The van der Waals surface area contributed by atoms with E-state index in [1.165, 1.54) is 0 Å². The van der Waals surface area contributed by atoms with E-state index in [4.69, 9.17) is 0 Å². The van der Waals surface area contributed by atoms with E-state index in [9.17, 15) is 5.26 Å². The van der Waals surface area contributed by atoms with Gasteiger partial charge in [0.15, 0.2) is 0 Å². The molecule has 3 rings (SSSR count). The number of aromatic nitrogens is 1. The first kappa shape index (κ1) is 10.3. The summed E-state index contributed by atoms with van der Waals surface area (Å²) in [5.74, 6) is 0.899. The molecule has 0 unspecified atom stereocenters. The van der Waals surface area contributed by atoms with Gasteiger partial charge < -0.3 is 9.88 Å². The maximum Gasteiger partial charge on any atom is 0.125 e. The predicted octanol–water partition coefficient (Wildman–Crippen LogP) is 2.74. The number of hydrogen-bond acceptors (Lipinski definition) is 3. The summed E-state index contributed by atoms with van der Waals surface area (Å²) in [7, 11) is 0. The van der Waals surface area contributed by atoms with Crippen LogP contribution in [0.5, 0.6) is 0 Å². The first-order chi connectivity index (χ1) is 8.33. The molecule has 0 saturated carbocycles. The van der Waals surface area contributed by atoms with Crippen LogP contribution in [-0.2, 0) is 6.54 Å². The Hall–Kier alpha value is -1.86. The zero-order chi connectivity index (χ0) is 11.8. The van der Waals surface area contributed by atoms with Crippen molar-refractivity contribution in [1.82, 2.24) is 4.57 Å². The number of anilines is 1. The first-order valence-corrected chi connectivity index (χ1v) is 5.92. The fourth-order valence-corrected chi connectivity index (χ4v) is 2.72. The molecular weight excluding hydrogens is 230 g/mol. The molecule has 0 amide bonds. The van der Waals surface area contributed by atoms with Gasteiger partial charge in [-0.05, 0) is 5.56 Å². The van der Waals surface area contributed by atoms with Crippen LogP contribution in [0.15, 0.2) is 35.4 Å². The second-order valence-electron chi connectivity index (χ2n) is 3.98. The van der Waals surface area contributed by atoms with E-state index in [-0.39, 0.29) is 0 Å². The van der Waals surface area contributed by atoms with Crippen molar-refractivity contribution < 1.29 is 0 Å². The van der Waals surface area contributed by atoms with Crippen LogP contribution in [0, 0.1) is 11.3 Å². The van der Waals surface area contributed by atoms with E-state index in [0.717, 1.165) is 35.1 Å². The number of hydrogen-bond donors (Lipinski definition) is 2. The summed E-state index contributed by atoms with van der Waals surface area (Å²) in [6.45, 7) is 1.74. The summed E-state index contributed by atoms with van der Waals surface area (Å²) < 4.78 is 2.06. The van der Waals surface area contributed by atoms with Gasteiger partial charge in [-0.15, -0.1) is 12.6 Å². The van der Waals surface area contributed by atoms with Crippen molar-refractivity contribution in [2.45, 2.75) is 11.6 Å². The summed E-state index contributed by atoms with van der Waals surface area (Å²) in [4.78, 5) is 0. The second kappa shape index (κ2) is 3.86. The lowest BCUT2D eigenvalue weighted by Crippen LogP contribution is -1.96. The van der Waals surface area contributed by atoms with Gasteiger partial charge in [-0.2, -0.15) is 5.26 Å². The third kappa shape index (κ3) is 1.43. The maximum atomic E-state index is 9.32. The van der Waals surface area contributed by atoms with Crippen molar-refractivity contribution in [1.29, 1.82) is 5.26 Å². The van der Waals surface area contributed by atoms with Gasteiger partial charge in [-0.1, -0.05) is 30.3 Å². The third-order valence-corrected chi connectivity index (χ3v) is 3.50. The van der Waals surface area contributed by atoms with Crippen LogP contribution in [0.3, 0.4) is 0 Å². The Bertz CT molecular complexity index is 608. The molecule has 1 aliphatic rings. The summed E-state index contributed by atoms with van der Waals surface area (Å²) in [6.07, 6.45) is 0. The van der Waals surface area contributed by atoms with E-state index >= 15 is 0 Å². The number of thiol groups is 1. The van der Waals surface area contributed by atoms with E-state index in [2.05, 4.69) is 28.6 Å². The van der Waals surface area contributed by atoms with Gasteiger partial charge in [0, 0.05) is 18.7 Å². The van der Waals surface area contributed by atoms with Crippen molar-refractivity contribution in [2.75, 3.05) is 11.9 Å². The molecule has 1 aromatic heterocycles. The SMILES string of the molecule is N#Cc1c(-c2ccccc2)c(S)n2c1NCC2. The molecule has 84 valence electrons. The Kier molecular flexibility index (Phi) is 2.34. The lowest BCUT2D eigenvalue weighted by molar-refractivity contribution is 0.746. The number of nitriles is 1. The van der Waals surface area contributed by atoms with Gasteiger partial charge in [0.1, 0.15) is 17.5 Å². The number of benzene rings is 1. The quantitative estimate of drug-likeness (QED) is 0.754. The monoisotopic (exact) mass is 241 g/mol. The molecule has 4 heteroatoms. The Labute approximate surface area is 105 Å². The fourth-order valence-electron chi connectivity index (χ4n) is 2.28. The number of nitrogens with zero attached hydrogens (tertiary/aromatic N) is 2. The van der Waals surface area contributed by atoms with Gasteiger partial charge in [-0.3, -0.25) is 0 Å². The zero-order valence-electron chi connectivity index (χ0n) is 9.14. The molecule has 2 aromatic rings. The highest BCUT2D eigenvalue weighted by Gasteiger charge is 2.24. The van der Waals surface area contributed by atoms with Crippen LogP contribution in [0.2, 0.25) is 0 Å². The summed E-state index contributed by atoms with van der Waals surface area (Å²) in [5, 5.41) is 13.4. The van der Waals surface area contributed by atoms with Crippen LogP contribution in [0.4, 0.5) is 5.82 Å². The number of nitrogens with one attached hydrogen (secondary N) is 1. The number of fused-ring (bicyclic) bond motifs is 1. The average Bonchev–Trinajstić information content (AvgIpc) is 2.93. The summed E-state index contributed by atoms with van der Waals surface area (Å²) >= 11 is 4.56. The molecule has 1 N–H and O–H groups in total. The smallest absolute Gasteiger partial charge is 0.125 e. The molecule has 0 fully saturated rings. The molecule has 0 spiro atoms. The summed E-state index contributed by atoms with van der Waals surface area (Å²) in [6, 6.07) is 12.2. The van der Waals surface area contributed by atoms with Crippen molar-refractivity contribution in [3.05, 3.63) is 35.9 Å². The minimum absolute atomic E-state index is 0.693. The van der Waals surface area contributed by atoms with Gasteiger partial charge in [0.2, 0.25) is 0 Å². The molecule has 0 bridgehead atoms. The summed E-state index contributed by atoms with van der Waals surface area (Å²) in [5.41, 5.74) is 2.66. The van der Waals surface area contributed by atoms with E-state index in [0.29, 0.717) is 5.56 Å². The Balaban J connectivity index is 2.29. The molecular formula is C13H11N3S. The average molecular weight is 241 g/mol. The minimum atomic E-state index is 0.693. The van der Waals surface area contributed by atoms with E-state index in [1.807, 2.05) is 30.3 Å². The lowest BCUT2D eigenvalue weighted by Gasteiger charge is -2.03. The van der Waals surface area contributed by atoms with Crippen LogP contribution in [-0.4, -0.2) is 11.1 Å². The van der Waals surface area contributed by atoms with Gasteiger partial charge >= 0.3 is 0 Å². The van der Waals surface area contributed by atoms with Crippen LogP contribution < -0.4 is 5.32 Å². The predicted molar refractivity (Wildman–Crippen MR) is 70.3 cm³/mol. The van der Waals surface area contributed by atoms with E-state index < -0.39 is 0 Å². The highest BCUT2D eigenvalue weighted by Crippen LogP contribution is 2.39. The van der Waals surface area contributed by atoms with Crippen molar-refractivity contribution in [2.24, 2.45) is 0 Å². The van der Waals surface area contributed by atoms with Crippen LogP contribution >= 0.6 is 12.6 Å². The Morgan fingerprint density at radius 2 is 2.06 bits per heavy atom. The normalized spacial score (nSPS) is 12.9. The molecule has 1 aromatic carbocycles. The van der Waals surface area contributed by atoms with Gasteiger partial charge in [-0.25, -0.2) is 0 Å². The topological polar surface area (TPSA) is 40.8 Å². The van der Waals surface area contributed by atoms with Crippen molar-refractivity contribution in [3.63, 3.8) is 0 Å². The minimum Gasteiger partial charge on any atom is -0.369 e. The van der Waals surface area contributed by atoms with Crippen LogP contribution in [0.1, 0.15) is 5.56 Å². The highest BCUT2D eigenvalue weighted by atomic mass is 32.1. The molecule has 0 saturated heterocycles. The van der Waals surface area contributed by atoms with E-state index in [1.54, 1.807) is 0 Å². The standard InChI is InChI=1S/C13H11N3S/c14-8-10-11(9-4-2-1-3-5-9)13(17)16-7-6-15-12(10)16/h1-5,15,17H,6-7H2. The number of rotatable bonds is 1. The maximum absolute atomic E-state index is 9.32. The first-order valence-electron chi connectivity index (χ1n) is 5.47. The largest absolute Gasteiger partial charge is 0.369 e. The third-order valence-electron chi connectivity index (χ3n) is 3.04. The highest BCUT2D eigenvalue weighted by molar-refractivity contribution is 7.80. The molecule has 0 atom stereocenters. The zero-order valence-corrected chi connectivity index (χ0v) is 10.0. The fraction of sp³-hybridized carbons (Fsp3) is 0.154. The lowest BCUT2D eigenvalue weighted by atomic mass is 10.1.